The molecule has 0 atom stereocenters. The van der Waals surface area contributed by atoms with Crippen LogP contribution in [0.1, 0.15) is 15.9 Å². The molecule has 29 heavy (non-hydrogen) atoms. The lowest BCUT2D eigenvalue weighted by atomic mass is 10.1. The van der Waals surface area contributed by atoms with Gasteiger partial charge < -0.3 is 0 Å². The van der Waals surface area contributed by atoms with Crippen LogP contribution < -0.4 is 11.2 Å². The Bertz CT molecular complexity index is 1370. The van der Waals surface area contributed by atoms with E-state index < -0.39 is 17.1 Å². The highest BCUT2D eigenvalue weighted by Crippen LogP contribution is 2.18. The van der Waals surface area contributed by atoms with Gasteiger partial charge in [-0.15, -0.1) is 11.3 Å². The molecule has 4 rings (SSSR count). The molecule has 0 radical (unpaired) electrons. The fraction of sp³-hybridized carbons (Fsp3) is 0.0952. The molecule has 0 spiro atoms. The summed E-state index contributed by atoms with van der Waals surface area (Å²) in [6.45, 7) is 1.36. The van der Waals surface area contributed by atoms with Crippen LogP contribution in [-0.2, 0) is 6.54 Å². The number of halogens is 2. The number of benzene rings is 2. The van der Waals surface area contributed by atoms with Gasteiger partial charge in [0.05, 0.1) is 17.7 Å². The Kier molecular flexibility index (Phi) is 5.06. The van der Waals surface area contributed by atoms with Gasteiger partial charge >= 0.3 is 5.69 Å². The molecule has 0 aliphatic heterocycles. The molecule has 0 saturated heterocycles. The molecule has 0 N–H and O–H groups in total. The summed E-state index contributed by atoms with van der Waals surface area (Å²) in [5.74, 6) is -0.787. The molecule has 0 bridgehead atoms. The minimum atomic E-state index is -0.686. The van der Waals surface area contributed by atoms with Crippen molar-refractivity contribution in [1.29, 1.82) is 0 Å². The first-order valence-corrected chi connectivity index (χ1v) is 10.3. The third-order valence-electron chi connectivity index (χ3n) is 4.64. The smallest absolute Gasteiger partial charge is 0.292 e. The van der Waals surface area contributed by atoms with Crippen molar-refractivity contribution in [2.24, 2.45) is 0 Å². The molecule has 0 aliphatic carbocycles. The van der Waals surface area contributed by atoms with E-state index in [4.69, 9.17) is 0 Å². The number of hydrogen-bond donors (Lipinski definition) is 0. The number of nitrogens with zero attached hydrogens (tertiary/aromatic N) is 2. The summed E-state index contributed by atoms with van der Waals surface area (Å²) >= 11 is 4.49. The highest BCUT2D eigenvalue weighted by Gasteiger charge is 2.18. The fourth-order valence-electron chi connectivity index (χ4n) is 3.06. The Morgan fingerprint density at radius 1 is 1.10 bits per heavy atom. The summed E-state index contributed by atoms with van der Waals surface area (Å²) in [5.41, 5.74) is 0.153. The van der Waals surface area contributed by atoms with Crippen LogP contribution in [-0.4, -0.2) is 14.9 Å². The van der Waals surface area contributed by atoms with Crippen molar-refractivity contribution in [2.45, 2.75) is 13.5 Å². The van der Waals surface area contributed by atoms with Gasteiger partial charge in [-0.1, -0.05) is 34.1 Å². The minimum Gasteiger partial charge on any atom is -0.292 e. The zero-order chi connectivity index (χ0) is 20.7. The maximum atomic E-state index is 14.1. The van der Waals surface area contributed by atoms with Crippen LogP contribution in [0.5, 0.6) is 0 Å². The highest BCUT2D eigenvalue weighted by atomic mass is 79.9. The number of hydrogen-bond acceptors (Lipinski definition) is 4. The van der Waals surface area contributed by atoms with Crippen molar-refractivity contribution in [3.8, 4) is 5.69 Å². The maximum Gasteiger partial charge on any atom is 0.336 e. The molecule has 0 unspecified atom stereocenters. The highest BCUT2D eigenvalue weighted by molar-refractivity contribution is 9.10. The first kappa shape index (κ1) is 19.5. The van der Waals surface area contributed by atoms with Crippen LogP contribution in [0.3, 0.4) is 0 Å². The average Bonchev–Trinajstić information content (AvgIpc) is 3.18. The Morgan fingerprint density at radius 2 is 1.83 bits per heavy atom. The van der Waals surface area contributed by atoms with Crippen molar-refractivity contribution < 1.29 is 9.18 Å². The molecule has 5 nitrogen and oxygen atoms in total. The summed E-state index contributed by atoms with van der Waals surface area (Å²) in [6.07, 6.45) is 0. The molecular weight excluding hydrogens is 459 g/mol. The van der Waals surface area contributed by atoms with E-state index in [-0.39, 0.29) is 18.0 Å². The lowest BCUT2D eigenvalue weighted by Crippen LogP contribution is -2.39. The number of ketones is 1. The largest absolute Gasteiger partial charge is 0.336 e. The van der Waals surface area contributed by atoms with Gasteiger partial charge in [0.25, 0.3) is 5.56 Å². The summed E-state index contributed by atoms with van der Waals surface area (Å²) in [7, 11) is 0. The van der Waals surface area contributed by atoms with Crippen LogP contribution in [0.2, 0.25) is 0 Å². The number of aromatic nitrogens is 2. The quantitative estimate of drug-likeness (QED) is 0.415. The number of rotatable bonds is 4. The van der Waals surface area contributed by atoms with Crippen molar-refractivity contribution in [2.75, 3.05) is 0 Å². The second-order valence-electron chi connectivity index (χ2n) is 6.51. The molecule has 4 aromatic rings. The molecule has 0 fully saturated rings. The Morgan fingerprint density at radius 3 is 2.52 bits per heavy atom. The number of Topliss-reactive ketones (excluding diaryl/α,β-unsaturated/α-hetero) is 1. The minimum absolute atomic E-state index is 0.128. The van der Waals surface area contributed by atoms with Crippen molar-refractivity contribution in [3.05, 3.63) is 96.2 Å². The molecule has 2 aromatic carbocycles. The van der Waals surface area contributed by atoms with Crippen LogP contribution in [0.15, 0.2) is 68.0 Å². The number of thiophene rings is 1. The first-order valence-electron chi connectivity index (χ1n) is 8.65. The molecule has 2 heterocycles. The van der Waals surface area contributed by atoms with Crippen LogP contribution >= 0.6 is 27.3 Å². The summed E-state index contributed by atoms with van der Waals surface area (Å²) in [4.78, 5) is 38.8. The van der Waals surface area contributed by atoms with Crippen molar-refractivity contribution in [1.82, 2.24) is 9.13 Å². The second-order valence-corrected chi connectivity index (χ2v) is 8.34. The van der Waals surface area contributed by atoms with E-state index >= 15 is 0 Å². The molecule has 0 amide bonds. The second kappa shape index (κ2) is 7.53. The van der Waals surface area contributed by atoms with E-state index in [1.165, 1.54) is 28.0 Å². The van der Waals surface area contributed by atoms with Gasteiger partial charge in [0.2, 0.25) is 0 Å². The van der Waals surface area contributed by atoms with E-state index in [0.717, 1.165) is 15.1 Å². The van der Waals surface area contributed by atoms with Crippen LogP contribution in [0.4, 0.5) is 4.39 Å². The normalized spacial score (nSPS) is 11.1. The predicted octanol–water partition coefficient (Wildman–Crippen LogP) is 4.31. The van der Waals surface area contributed by atoms with Gasteiger partial charge in [-0.3, -0.25) is 14.2 Å². The van der Waals surface area contributed by atoms with Gasteiger partial charge in [0, 0.05) is 10.0 Å². The number of carbonyl (C=O) groups excluding carboxylic acids is 1. The number of fused-ring (bicyclic) bond motifs is 1. The van der Waals surface area contributed by atoms with E-state index in [2.05, 4.69) is 15.9 Å². The molecule has 8 heteroatoms. The molecule has 2 aromatic heterocycles. The number of aryl methyl sites for hydroxylation is 1. The van der Waals surface area contributed by atoms with E-state index in [0.29, 0.717) is 21.3 Å². The Labute approximate surface area is 176 Å². The molecule has 0 aliphatic rings. The maximum absolute atomic E-state index is 14.1. The summed E-state index contributed by atoms with van der Waals surface area (Å²) in [6, 6.07) is 12.6. The zero-order valence-electron chi connectivity index (χ0n) is 15.2. The van der Waals surface area contributed by atoms with Crippen LogP contribution in [0, 0.1) is 12.7 Å². The monoisotopic (exact) mass is 472 g/mol. The molecular formula is C21H14BrFN2O3S. The van der Waals surface area contributed by atoms with Crippen LogP contribution in [0.25, 0.3) is 15.9 Å². The van der Waals surface area contributed by atoms with E-state index in [1.54, 1.807) is 42.6 Å². The standard InChI is InChI=1S/C21H14BrFN2O3S/c1-12-2-7-15(10-16(12)23)25-20(27)19-17(8-9-29-19)24(21(25)28)11-18(26)13-3-5-14(22)6-4-13/h2-10H,11H2,1H3. The van der Waals surface area contributed by atoms with Gasteiger partial charge in [0.15, 0.2) is 5.78 Å². The lowest BCUT2D eigenvalue weighted by molar-refractivity contribution is 0.0971. The zero-order valence-corrected chi connectivity index (χ0v) is 17.6. The summed E-state index contributed by atoms with van der Waals surface area (Å²) < 4.78 is 17.4. The van der Waals surface area contributed by atoms with E-state index in [9.17, 15) is 18.8 Å². The van der Waals surface area contributed by atoms with E-state index in [1.807, 2.05) is 0 Å². The Hall–Kier alpha value is -2.84. The lowest BCUT2D eigenvalue weighted by Gasteiger charge is -2.12. The first-order chi connectivity index (χ1) is 13.9. The molecule has 146 valence electrons. The third-order valence-corrected chi connectivity index (χ3v) is 6.06. The molecule has 0 saturated carbocycles. The average molecular weight is 473 g/mol. The Balaban J connectivity index is 1.90. The SMILES string of the molecule is Cc1ccc(-n2c(=O)c3sccc3n(CC(=O)c3ccc(Br)cc3)c2=O)cc1F. The summed E-state index contributed by atoms with van der Waals surface area (Å²) in [5, 5.41) is 1.69. The third kappa shape index (κ3) is 3.49. The van der Waals surface area contributed by atoms with Gasteiger partial charge in [0.1, 0.15) is 10.5 Å². The van der Waals surface area contributed by atoms with Crippen molar-refractivity contribution >= 4 is 43.3 Å². The van der Waals surface area contributed by atoms with Crippen molar-refractivity contribution in [3.63, 3.8) is 0 Å². The number of carbonyl (C=O) groups is 1. The van der Waals surface area contributed by atoms with Gasteiger partial charge in [-0.2, -0.15) is 0 Å². The predicted molar refractivity (Wildman–Crippen MR) is 115 cm³/mol. The van der Waals surface area contributed by atoms with Gasteiger partial charge in [-0.05, 0) is 48.2 Å². The topological polar surface area (TPSA) is 61.1 Å². The fourth-order valence-corrected chi connectivity index (χ4v) is 4.15. The van der Waals surface area contributed by atoms with Gasteiger partial charge in [-0.25, -0.2) is 13.8 Å².